The number of aromatic nitrogens is 1. The Kier molecular flexibility index (Phi) is 2.75. The van der Waals surface area contributed by atoms with E-state index in [0.717, 1.165) is 10.9 Å². The molecule has 2 rings (SSSR count). The molecule has 1 aromatic heterocycles. The molecule has 1 heterocycles. The molecule has 12 heavy (non-hydrogen) atoms. The van der Waals surface area contributed by atoms with Gasteiger partial charge in [-0.15, -0.1) is 0 Å². The molecular weight excluding hydrogens is 145 g/mol. The van der Waals surface area contributed by atoms with Crippen LogP contribution in [0.1, 0.15) is 0 Å². The van der Waals surface area contributed by atoms with Crippen molar-refractivity contribution in [2.75, 3.05) is 0 Å². The second-order valence-electron chi connectivity index (χ2n) is 2.36. The summed E-state index contributed by atoms with van der Waals surface area (Å²) >= 11 is 0. The van der Waals surface area contributed by atoms with Gasteiger partial charge in [-0.3, -0.25) is 0 Å². The molecule has 0 saturated heterocycles. The van der Waals surface area contributed by atoms with Gasteiger partial charge in [0.1, 0.15) is 0 Å². The molecule has 2 nitrogen and oxygen atoms in total. The molecule has 0 radical (unpaired) electrons. The minimum atomic E-state index is 0. The maximum atomic E-state index is 9.02. The molecule has 0 bridgehead atoms. The van der Waals surface area contributed by atoms with E-state index < -0.39 is 0 Å². The van der Waals surface area contributed by atoms with Crippen LogP contribution in [0.5, 0.6) is 5.88 Å². The molecule has 1 aromatic carbocycles. The van der Waals surface area contributed by atoms with Crippen molar-refractivity contribution in [1.82, 2.24) is 4.98 Å². The molecular formula is C9H8LiNO. The molecule has 56 valence electrons. The van der Waals surface area contributed by atoms with Crippen molar-refractivity contribution in [3.05, 3.63) is 36.4 Å². The third kappa shape index (κ3) is 1.61. The van der Waals surface area contributed by atoms with Crippen molar-refractivity contribution in [3.63, 3.8) is 0 Å². The Morgan fingerprint density at radius 3 is 2.58 bits per heavy atom. The van der Waals surface area contributed by atoms with Gasteiger partial charge in [0, 0.05) is 11.5 Å². The standard InChI is InChI=1S/C9H7NO.Li.H/c11-9-6-5-7-3-1-2-4-8(7)10-9;;/h1-6H,(H,10,11);;. The van der Waals surface area contributed by atoms with Gasteiger partial charge in [0.15, 0.2) is 0 Å². The second-order valence-corrected chi connectivity index (χ2v) is 2.36. The monoisotopic (exact) mass is 153 g/mol. The summed E-state index contributed by atoms with van der Waals surface area (Å²) in [5, 5.41) is 10.1. The Bertz CT molecular complexity index is 389. The van der Waals surface area contributed by atoms with Gasteiger partial charge < -0.3 is 5.11 Å². The van der Waals surface area contributed by atoms with Crippen LogP contribution in [-0.4, -0.2) is 29.0 Å². The van der Waals surface area contributed by atoms with Gasteiger partial charge in [-0.1, -0.05) is 18.2 Å². The predicted octanol–water partition coefficient (Wildman–Crippen LogP) is 1.29. The van der Waals surface area contributed by atoms with Crippen LogP contribution in [0.25, 0.3) is 10.9 Å². The first-order valence-electron chi connectivity index (χ1n) is 3.41. The average Bonchev–Trinajstić information content (AvgIpc) is 2.04. The number of hydrogen-bond donors (Lipinski definition) is 1. The van der Waals surface area contributed by atoms with Gasteiger partial charge in [-0.2, -0.15) is 0 Å². The molecule has 3 heteroatoms. The van der Waals surface area contributed by atoms with E-state index in [9.17, 15) is 0 Å². The fourth-order valence-electron chi connectivity index (χ4n) is 1.06. The number of benzene rings is 1. The van der Waals surface area contributed by atoms with E-state index in [-0.39, 0.29) is 24.7 Å². The van der Waals surface area contributed by atoms with E-state index in [1.165, 1.54) is 0 Å². The number of hydrogen-bond acceptors (Lipinski definition) is 2. The molecule has 2 aromatic rings. The summed E-state index contributed by atoms with van der Waals surface area (Å²) < 4.78 is 0. The van der Waals surface area contributed by atoms with Crippen LogP contribution in [0.15, 0.2) is 36.4 Å². The Morgan fingerprint density at radius 1 is 1.00 bits per heavy atom. The Labute approximate surface area is 82.4 Å². The van der Waals surface area contributed by atoms with E-state index in [0.29, 0.717) is 0 Å². The molecule has 0 saturated carbocycles. The predicted molar refractivity (Wildman–Crippen MR) is 50.6 cm³/mol. The summed E-state index contributed by atoms with van der Waals surface area (Å²) in [7, 11) is 0. The zero-order chi connectivity index (χ0) is 7.68. The van der Waals surface area contributed by atoms with Crippen LogP contribution < -0.4 is 0 Å². The quantitative estimate of drug-likeness (QED) is 0.578. The Balaban J connectivity index is 0.000000720. The zero-order valence-electron chi connectivity index (χ0n) is 5.86. The van der Waals surface area contributed by atoms with Crippen LogP contribution in [0.4, 0.5) is 0 Å². The van der Waals surface area contributed by atoms with Crippen molar-refractivity contribution in [2.45, 2.75) is 0 Å². The number of para-hydroxylation sites is 1. The molecule has 0 fully saturated rings. The maximum absolute atomic E-state index is 9.02. The third-order valence-electron chi connectivity index (χ3n) is 1.58. The van der Waals surface area contributed by atoms with Crippen molar-refractivity contribution < 1.29 is 5.11 Å². The van der Waals surface area contributed by atoms with Gasteiger partial charge in [-0.05, 0) is 12.1 Å². The number of fused-ring (bicyclic) bond motifs is 1. The van der Waals surface area contributed by atoms with Crippen LogP contribution in [0, 0.1) is 0 Å². The topological polar surface area (TPSA) is 33.1 Å². The van der Waals surface area contributed by atoms with Crippen molar-refractivity contribution in [1.29, 1.82) is 0 Å². The van der Waals surface area contributed by atoms with Gasteiger partial charge >= 0.3 is 18.9 Å². The number of rotatable bonds is 0. The van der Waals surface area contributed by atoms with Gasteiger partial charge in [-0.25, -0.2) is 4.98 Å². The van der Waals surface area contributed by atoms with Crippen LogP contribution in [0.3, 0.4) is 0 Å². The van der Waals surface area contributed by atoms with Crippen LogP contribution in [0.2, 0.25) is 0 Å². The fraction of sp³-hybridized carbons (Fsp3) is 0. The van der Waals surface area contributed by atoms with Crippen LogP contribution in [-0.2, 0) is 0 Å². The number of pyridine rings is 1. The van der Waals surface area contributed by atoms with Gasteiger partial charge in [0.05, 0.1) is 5.52 Å². The minimum absolute atomic E-state index is 0. The van der Waals surface area contributed by atoms with E-state index in [2.05, 4.69) is 4.98 Å². The molecule has 0 aliphatic heterocycles. The molecule has 0 atom stereocenters. The molecule has 0 amide bonds. The summed E-state index contributed by atoms with van der Waals surface area (Å²) in [6.07, 6.45) is 0. The van der Waals surface area contributed by atoms with Gasteiger partial charge in [0.2, 0.25) is 5.88 Å². The number of nitrogens with zero attached hydrogens (tertiary/aromatic N) is 1. The van der Waals surface area contributed by atoms with E-state index in [4.69, 9.17) is 5.11 Å². The van der Waals surface area contributed by atoms with Crippen molar-refractivity contribution >= 4 is 29.8 Å². The van der Waals surface area contributed by atoms with E-state index in [1.807, 2.05) is 30.3 Å². The summed E-state index contributed by atoms with van der Waals surface area (Å²) in [6, 6.07) is 11.1. The van der Waals surface area contributed by atoms with Crippen molar-refractivity contribution in [3.8, 4) is 5.88 Å². The van der Waals surface area contributed by atoms with Gasteiger partial charge in [0.25, 0.3) is 0 Å². The SMILES string of the molecule is Oc1ccc2ccccc2n1.[LiH]. The summed E-state index contributed by atoms with van der Waals surface area (Å²) in [6.45, 7) is 0. The molecule has 0 aliphatic rings. The molecule has 0 spiro atoms. The van der Waals surface area contributed by atoms with E-state index >= 15 is 0 Å². The van der Waals surface area contributed by atoms with E-state index in [1.54, 1.807) is 6.07 Å². The third-order valence-corrected chi connectivity index (χ3v) is 1.58. The molecule has 1 N–H and O–H groups in total. The average molecular weight is 153 g/mol. The first-order valence-corrected chi connectivity index (χ1v) is 3.41. The Hall–Kier alpha value is -0.973. The second kappa shape index (κ2) is 3.62. The Morgan fingerprint density at radius 2 is 1.75 bits per heavy atom. The first kappa shape index (κ1) is 9.12. The fourth-order valence-corrected chi connectivity index (χ4v) is 1.06. The van der Waals surface area contributed by atoms with Crippen LogP contribution >= 0.6 is 0 Å². The summed E-state index contributed by atoms with van der Waals surface area (Å²) in [4.78, 5) is 3.93. The number of aromatic hydroxyl groups is 1. The molecule has 0 unspecified atom stereocenters. The summed E-state index contributed by atoms with van der Waals surface area (Å²) in [5.74, 6) is 0.0729. The summed E-state index contributed by atoms with van der Waals surface area (Å²) in [5.41, 5.74) is 0.826. The first-order chi connectivity index (χ1) is 5.36. The molecule has 0 aliphatic carbocycles. The normalized spacial score (nSPS) is 9.33. The zero-order valence-corrected chi connectivity index (χ0v) is 5.86. The van der Waals surface area contributed by atoms with Crippen molar-refractivity contribution in [2.24, 2.45) is 0 Å².